The first-order chi connectivity index (χ1) is 16.1. The molecule has 0 fully saturated rings. The van der Waals surface area contributed by atoms with E-state index in [0.29, 0.717) is 19.6 Å². The number of hydrogen-bond donors (Lipinski definition) is 2. The van der Waals surface area contributed by atoms with Crippen molar-refractivity contribution in [3.8, 4) is 0 Å². The molecule has 0 heterocycles. The SMILES string of the molecule is CCOC(=O)Cc1ccc(CCNCC(=O)c2ccccc2)cc1.CNCc1ccccc1. The fourth-order valence-corrected chi connectivity index (χ4v) is 3.16. The minimum absolute atomic E-state index is 0.0976. The summed E-state index contributed by atoms with van der Waals surface area (Å²) in [6.07, 6.45) is 1.14. The van der Waals surface area contributed by atoms with Crippen molar-refractivity contribution in [1.29, 1.82) is 0 Å². The molecule has 33 heavy (non-hydrogen) atoms. The van der Waals surface area contributed by atoms with Gasteiger partial charge in [0.05, 0.1) is 19.6 Å². The van der Waals surface area contributed by atoms with E-state index in [9.17, 15) is 9.59 Å². The second-order valence-corrected chi connectivity index (χ2v) is 7.53. The molecule has 174 valence electrons. The molecular weight excluding hydrogens is 412 g/mol. The number of carbonyl (C=O) groups excluding carboxylic acids is 2. The van der Waals surface area contributed by atoms with Crippen molar-refractivity contribution < 1.29 is 14.3 Å². The van der Waals surface area contributed by atoms with Crippen molar-refractivity contribution >= 4 is 11.8 Å². The fourth-order valence-electron chi connectivity index (χ4n) is 3.16. The summed E-state index contributed by atoms with van der Waals surface area (Å²) in [6.45, 7) is 4.24. The van der Waals surface area contributed by atoms with Crippen LogP contribution < -0.4 is 10.6 Å². The summed E-state index contributed by atoms with van der Waals surface area (Å²) < 4.78 is 4.93. The van der Waals surface area contributed by atoms with E-state index in [4.69, 9.17) is 4.74 Å². The first-order valence-electron chi connectivity index (χ1n) is 11.3. The summed E-state index contributed by atoms with van der Waals surface area (Å²) in [7, 11) is 1.95. The number of rotatable bonds is 11. The maximum Gasteiger partial charge on any atom is 0.310 e. The maximum atomic E-state index is 12.0. The lowest BCUT2D eigenvalue weighted by Crippen LogP contribution is -2.25. The Kier molecular flexibility index (Phi) is 12.2. The molecule has 0 aliphatic rings. The Morgan fingerprint density at radius 3 is 2.00 bits per heavy atom. The zero-order valence-corrected chi connectivity index (χ0v) is 19.6. The quantitative estimate of drug-likeness (QED) is 0.262. The van der Waals surface area contributed by atoms with Gasteiger partial charge in [-0.2, -0.15) is 0 Å². The highest BCUT2D eigenvalue weighted by molar-refractivity contribution is 5.97. The summed E-state index contributed by atoms with van der Waals surface area (Å²) in [6, 6.07) is 27.5. The Hall–Kier alpha value is -3.28. The van der Waals surface area contributed by atoms with Crippen molar-refractivity contribution in [2.24, 2.45) is 0 Å². The number of esters is 1. The highest BCUT2D eigenvalue weighted by Gasteiger charge is 2.05. The third-order valence-electron chi connectivity index (χ3n) is 4.87. The number of carbonyl (C=O) groups is 2. The van der Waals surface area contributed by atoms with Gasteiger partial charge in [0.2, 0.25) is 0 Å². The monoisotopic (exact) mass is 446 g/mol. The number of benzene rings is 3. The van der Waals surface area contributed by atoms with Crippen LogP contribution in [0.25, 0.3) is 0 Å². The number of nitrogens with one attached hydrogen (secondary N) is 2. The Labute approximate surface area is 197 Å². The lowest BCUT2D eigenvalue weighted by molar-refractivity contribution is -0.142. The molecule has 3 rings (SSSR count). The molecule has 0 aliphatic heterocycles. The molecule has 0 spiro atoms. The highest BCUT2D eigenvalue weighted by Crippen LogP contribution is 2.07. The zero-order chi connectivity index (χ0) is 23.7. The van der Waals surface area contributed by atoms with Crippen molar-refractivity contribution in [3.05, 3.63) is 107 Å². The second kappa shape index (κ2) is 15.5. The molecule has 2 N–H and O–H groups in total. The highest BCUT2D eigenvalue weighted by atomic mass is 16.5. The molecule has 0 aliphatic carbocycles. The molecule has 5 nitrogen and oxygen atoms in total. The van der Waals surface area contributed by atoms with Crippen molar-refractivity contribution in [1.82, 2.24) is 10.6 Å². The maximum absolute atomic E-state index is 12.0. The minimum atomic E-state index is -0.202. The minimum Gasteiger partial charge on any atom is -0.466 e. The lowest BCUT2D eigenvalue weighted by Gasteiger charge is -2.06. The molecule has 0 saturated heterocycles. The molecule has 0 unspecified atom stereocenters. The van der Waals surface area contributed by atoms with E-state index in [2.05, 4.69) is 22.8 Å². The van der Waals surface area contributed by atoms with E-state index >= 15 is 0 Å². The predicted octanol–water partition coefficient (Wildman–Crippen LogP) is 4.21. The zero-order valence-electron chi connectivity index (χ0n) is 19.6. The van der Waals surface area contributed by atoms with E-state index in [1.807, 2.05) is 79.8 Å². The Morgan fingerprint density at radius 2 is 1.39 bits per heavy atom. The van der Waals surface area contributed by atoms with Gasteiger partial charge >= 0.3 is 5.97 Å². The average Bonchev–Trinajstić information content (AvgIpc) is 2.85. The van der Waals surface area contributed by atoms with Crippen molar-refractivity contribution in [2.75, 3.05) is 26.7 Å². The van der Waals surface area contributed by atoms with Crippen LogP contribution in [0.4, 0.5) is 0 Å². The van der Waals surface area contributed by atoms with Gasteiger partial charge in [-0.15, -0.1) is 0 Å². The molecule has 0 bridgehead atoms. The van der Waals surface area contributed by atoms with Crippen LogP contribution in [0.2, 0.25) is 0 Å². The Bertz CT molecular complexity index is 942. The first-order valence-corrected chi connectivity index (χ1v) is 11.3. The molecule has 0 radical (unpaired) electrons. The van der Waals surface area contributed by atoms with Crippen LogP contribution in [-0.2, 0) is 28.9 Å². The normalized spacial score (nSPS) is 10.1. The van der Waals surface area contributed by atoms with Crippen molar-refractivity contribution in [2.45, 2.75) is 26.3 Å². The van der Waals surface area contributed by atoms with Gasteiger partial charge in [-0.1, -0.05) is 84.9 Å². The summed E-state index contributed by atoms with van der Waals surface area (Å²) in [5.74, 6) is -0.105. The standard InChI is InChI=1S/C20H23NO3.C8H11N/c1-2-24-20(23)14-17-10-8-16(9-11-17)12-13-21-15-19(22)18-6-4-3-5-7-18;1-9-7-8-5-3-2-4-6-8/h3-11,21H,2,12-15H2,1H3;2-6,9H,7H2,1H3. The van der Waals surface area contributed by atoms with Crippen LogP contribution >= 0.6 is 0 Å². The Morgan fingerprint density at radius 1 is 0.788 bits per heavy atom. The summed E-state index contributed by atoms with van der Waals surface area (Å²) in [4.78, 5) is 23.4. The largest absolute Gasteiger partial charge is 0.466 e. The summed E-state index contributed by atoms with van der Waals surface area (Å²) in [5.41, 5.74) is 4.18. The number of ether oxygens (including phenoxy) is 1. The van der Waals surface area contributed by atoms with Gasteiger partial charge < -0.3 is 15.4 Å². The van der Waals surface area contributed by atoms with E-state index in [0.717, 1.165) is 30.6 Å². The van der Waals surface area contributed by atoms with Crippen LogP contribution in [-0.4, -0.2) is 38.5 Å². The van der Waals surface area contributed by atoms with E-state index in [-0.39, 0.29) is 11.8 Å². The lowest BCUT2D eigenvalue weighted by atomic mass is 10.1. The number of Topliss-reactive ketones (excluding diaryl/α,β-unsaturated/α-hetero) is 1. The van der Waals surface area contributed by atoms with Gasteiger partial charge in [-0.25, -0.2) is 0 Å². The topological polar surface area (TPSA) is 67.4 Å². The fraction of sp³-hybridized carbons (Fsp3) is 0.286. The van der Waals surface area contributed by atoms with Gasteiger partial charge in [0.1, 0.15) is 0 Å². The molecule has 0 amide bonds. The van der Waals surface area contributed by atoms with Crippen LogP contribution in [0.5, 0.6) is 0 Å². The molecular formula is C28H34N2O3. The number of hydrogen-bond acceptors (Lipinski definition) is 5. The van der Waals surface area contributed by atoms with Crippen LogP contribution in [0.3, 0.4) is 0 Å². The molecule has 3 aromatic carbocycles. The van der Waals surface area contributed by atoms with Crippen LogP contribution in [0.1, 0.15) is 34.0 Å². The summed E-state index contributed by atoms with van der Waals surface area (Å²) in [5, 5.41) is 6.26. The van der Waals surface area contributed by atoms with Gasteiger partial charge in [0.15, 0.2) is 5.78 Å². The molecule has 0 saturated carbocycles. The molecule has 0 atom stereocenters. The molecule has 3 aromatic rings. The Balaban J connectivity index is 0.000000357. The first kappa shape index (κ1) is 26.0. The van der Waals surface area contributed by atoms with Gasteiger partial charge in [-0.05, 0) is 43.6 Å². The summed E-state index contributed by atoms with van der Waals surface area (Å²) >= 11 is 0. The second-order valence-electron chi connectivity index (χ2n) is 7.53. The predicted molar refractivity (Wildman–Crippen MR) is 133 cm³/mol. The van der Waals surface area contributed by atoms with E-state index in [1.54, 1.807) is 6.92 Å². The molecule has 0 aromatic heterocycles. The van der Waals surface area contributed by atoms with E-state index in [1.165, 1.54) is 11.1 Å². The van der Waals surface area contributed by atoms with Gasteiger partial charge in [0, 0.05) is 12.1 Å². The van der Waals surface area contributed by atoms with Gasteiger partial charge in [0.25, 0.3) is 0 Å². The number of ketones is 1. The van der Waals surface area contributed by atoms with Crippen molar-refractivity contribution in [3.63, 3.8) is 0 Å². The third kappa shape index (κ3) is 10.7. The third-order valence-corrected chi connectivity index (χ3v) is 4.87. The van der Waals surface area contributed by atoms with Gasteiger partial charge in [-0.3, -0.25) is 9.59 Å². The molecule has 5 heteroatoms. The smallest absolute Gasteiger partial charge is 0.310 e. The average molecular weight is 447 g/mol. The van der Waals surface area contributed by atoms with Crippen LogP contribution in [0.15, 0.2) is 84.9 Å². The van der Waals surface area contributed by atoms with Crippen LogP contribution in [0, 0.1) is 0 Å². The van der Waals surface area contributed by atoms with E-state index < -0.39 is 0 Å².